The van der Waals surface area contributed by atoms with Crippen LogP contribution in [-0.2, 0) is 9.53 Å². The molecular formula is C16H23NO3. The van der Waals surface area contributed by atoms with Crippen molar-refractivity contribution >= 4 is 5.97 Å². The normalized spacial score (nSPS) is 22.1. The summed E-state index contributed by atoms with van der Waals surface area (Å²) in [6.45, 7) is 7.04. The Kier molecular flexibility index (Phi) is 4.65. The number of hydrogen-bond donors (Lipinski definition) is 1. The van der Waals surface area contributed by atoms with E-state index in [4.69, 9.17) is 9.47 Å². The van der Waals surface area contributed by atoms with Crippen LogP contribution >= 0.6 is 0 Å². The van der Waals surface area contributed by atoms with E-state index in [-0.39, 0.29) is 18.1 Å². The Hall–Kier alpha value is -1.55. The Morgan fingerprint density at radius 2 is 2.15 bits per heavy atom. The molecule has 0 radical (unpaired) electrons. The van der Waals surface area contributed by atoms with Gasteiger partial charge in [-0.3, -0.25) is 4.79 Å². The molecule has 1 aliphatic rings. The van der Waals surface area contributed by atoms with Crippen molar-refractivity contribution in [2.75, 3.05) is 13.7 Å². The first-order valence-electron chi connectivity index (χ1n) is 7.09. The minimum Gasteiger partial charge on any atom is -0.489 e. The molecule has 0 unspecified atom stereocenters. The van der Waals surface area contributed by atoms with Gasteiger partial charge < -0.3 is 14.8 Å². The summed E-state index contributed by atoms with van der Waals surface area (Å²) in [6, 6.07) is 6.08. The minimum atomic E-state index is -0.251. The number of esters is 1. The SMILES string of the molecule is COC(=O)[C@H]1C[C@@H](Oc2cc(C(C)C)ccc2C)CN1. The fraction of sp³-hybridized carbons (Fsp3) is 0.562. The molecule has 0 spiro atoms. The molecule has 0 bridgehead atoms. The smallest absolute Gasteiger partial charge is 0.323 e. The van der Waals surface area contributed by atoms with Crippen LogP contribution < -0.4 is 10.1 Å². The number of methoxy groups -OCH3 is 1. The van der Waals surface area contributed by atoms with Gasteiger partial charge >= 0.3 is 5.97 Å². The van der Waals surface area contributed by atoms with Gasteiger partial charge in [-0.15, -0.1) is 0 Å². The van der Waals surface area contributed by atoms with Gasteiger partial charge in [0.2, 0.25) is 0 Å². The number of carbonyl (C=O) groups excluding carboxylic acids is 1. The van der Waals surface area contributed by atoms with Gasteiger partial charge in [-0.1, -0.05) is 26.0 Å². The van der Waals surface area contributed by atoms with E-state index in [0.29, 0.717) is 18.9 Å². The van der Waals surface area contributed by atoms with Crippen molar-refractivity contribution in [1.29, 1.82) is 0 Å². The van der Waals surface area contributed by atoms with Crippen molar-refractivity contribution < 1.29 is 14.3 Å². The molecular weight excluding hydrogens is 254 g/mol. The van der Waals surface area contributed by atoms with Crippen LogP contribution in [0.2, 0.25) is 0 Å². The fourth-order valence-electron chi connectivity index (χ4n) is 2.40. The van der Waals surface area contributed by atoms with Gasteiger partial charge in [0.05, 0.1) is 7.11 Å². The van der Waals surface area contributed by atoms with E-state index in [1.807, 2.05) is 6.92 Å². The van der Waals surface area contributed by atoms with E-state index in [1.54, 1.807) is 0 Å². The molecule has 0 saturated carbocycles. The highest BCUT2D eigenvalue weighted by atomic mass is 16.5. The molecule has 1 heterocycles. The lowest BCUT2D eigenvalue weighted by atomic mass is 10.0. The Balaban J connectivity index is 2.04. The Morgan fingerprint density at radius 3 is 2.80 bits per heavy atom. The van der Waals surface area contributed by atoms with Crippen LogP contribution in [-0.4, -0.2) is 31.8 Å². The average molecular weight is 277 g/mol. The molecule has 110 valence electrons. The maximum absolute atomic E-state index is 11.5. The van der Waals surface area contributed by atoms with E-state index in [2.05, 4.69) is 37.4 Å². The Bertz CT molecular complexity index is 485. The fourth-order valence-corrected chi connectivity index (χ4v) is 2.40. The highest BCUT2D eigenvalue weighted by molar-refractivity contribution is 5.76. The van der Waals surface area contributed by atoms with Crippen molar-refractivity contribution in [3.63, 3.8) is 0 Å². The van der Waals surface area contributed by atoms with Crippen molar-refractivity contribution in [3.05, 3.63) is 29.3 Å². The van der Waals surface area contributed by atoms with Gasteiger partial charge in [0.1, 0.15) is 17.9 Å². The topological polar surface area (TPSA) is 47.6 Å². The molecule has 0 aromatic heterocycles. The van der Waals surface area contributed by atoms with Crippen LogP contribution in [0.15, 0.2) is 18.2 Å². The quantitative estimate of drug-likeness (QED) is 0.859. The predicted octanol–water partition coefficient (Wildman–Crippen LogP) is 2.40. The third kappa shape index (κ3) is 3.31. The molecule has 0 aliphatic carbocycles. The molecule has 4 heteroatoms. The summed E-state index contributed by atoms with van der Waals surface area (Å²) in [4.78, 5) is 11.5. The van der Waals surface area contributed by atoms with E-state index in [9.17, 15) is 4.79 Å². The third-order valence-corrected chi connectivity index (χ3v) is 3.75. The predicted molar refractivity (Wildman–Crippen MR) is 78.1 cm³/mol. The second-order valence-corrected chi connectivity index (χ2v) is 5.64. The molecule has 4 nitrogen and oxygen atoms in total. The Morgan fingerprint density at radius 1 is 1.40 bits per heavy atom. The molecule has 2 atom stereocenters. The summed E-state index contributed by atoms with van der Waals surface area (Å²) in [6.07, 6.45) is 0.665. The number of ether oxygens (including phenoxy) is 2. The standard InChI is InChI=1S/C16H23NO3/c1-10(2)12-6-5-11(3)15(7-12)20-13-8-14(17-9-13)16(18)19-4/h5-7,10,13-14,17H,8-9H2,1-4H3/t13-,14-/m1/s1. The van der Waals surface area contributed by atoms with E-state index in [1.165, 1.54) is 12.7 Å². The third-order valence-electron chi connectivity index (χ3n) is 3.75. The lowest BCUT2D eigenvalue weighted by Gasteiger charge is -2.17. The van der Waals surface area contributed by atoms with Crippen LogP contribution in [0.3, 0.4) is 0 Å². The molecule has 1 aromatic rings. The van der Waals surface area contributed by atoms with Crippen molar-refractivity contribution in [3.8, 4) is 5.75 Å². The second-order valence-electron chi connectivity index (χ2n) is 5.64. The summed E-state index contributed by atoms with van der Waals surface area (Å²) in [7, 11) is 1.41. The lowest BCUT2D eigenvalue weighted by molar-refractivity contribution is -0.142. The zero-order chi connectivity index (χ0) is 14.7. The highest BCUT2D eigenvalue weighted by Gasteiger charge is 2.31. The largest absolute Gasteiger partial charge is 0.489 e. The van der Waals surface area contributed by atoms with Gasteiger partial charge in [-0.2, -0.15) is 0 Å². The summed E-state index contributed by atoms with van der Waals surface area (Å²) >= 11 is 0. The molecule has 20 heavy (non-hydrogen) atoms. The Labute approximate surface area is 120 Å². The molecule has 1 N–H and O–H groups in total. The molecule has 1 aromatic carbocycles. The van der Waals surface area contributed by atoms with Crippen LogP contribution in [0.1, 0.15) is 37.3 Å². The molecule has 1 aliphatic heterocycles. The number of carbonyl (C=O) groups is 1. The van der Waals surface area contributed by atoms with Crippen LogP contribution in [0, 0.1) is 6.92 Å². The lowest BCUT2D eigenvalue weighted by Crippen LogP contribution is -2.31. The maximum atomic E-state index is 11.5. The van der Waals surface area contributed by atoms with Gasteiger partial charge in [0, 0.05) is 13.0 Å². The van der Waals surface area contributed by atoms with Crippen LogP contribution in [0.5, 0.6) is 5.75 Å². The van der Waals surface area contributed by atoms with E-state index < -0.39 is 0 Å². The van der Waals surface area contributed by atoms with Crippen molar-refractivity contribution in [1.82, 2.24) is 5.32 Å². The average Bonchev–Trinajstić information content (AvgIpc) is 2.88. The van der Waals surface area contributed by atoms with Gasteiger partial charge in [-0.25, -0.2) is 0 Å². The highest BCUT2D eigenvalue weighted by Crippen LogP contribution is 2.26. The maximum Gasteiger partial charge on any atom is 0.323 e. The molecule has 1 fully saturated rings. The summed E-state index contributed by atoms with van der Waals surface area (Å²) < 4.78 is 10.8. The first-order valence-corrected chi connectivity index (χ1v) is 7.09. The zero-order valence-corrected chi connectivity index (χ0v) is 12.6. The number of hydrogen-bond acceptors (Lipinski definition) is 4. The van der Waals surface area contributed by atoms with Gasteiger partial charge in [-0.05, 0) is 30.0 Å². The number of benzene rings is 1. The summed E-state index contributed by atoms with van der Waals surface area (Å²) in [5.41, 5.74) is 2.39. The minimum absolute atomic E-state index is 0.0141. The van der Waals surface area contributed by atoms with Crippen LogP contribution in [0.4, 0.5) is 0 Å². The molecule has 1 saturated heterocycles. The molecule has 2 rings (SSSR count). The van der Waals surface area contributed by atoms with E-state index >= 15 is 0 Å². The molecule has 0 amide bonds. The van der Waals surface area contributed by atoms with Crippen LogP contribution in [0.25, 0.3) is 0 Å². The first-order chi connectivity index (χ1) is 9.51. The zero-order valence-electron chi connectivity index (χ0n) is 12.6. The van der Waals surface area contributed by atoms with Crippen molar-refractivity contribution in [2.24, 2.45) is 0 Å². The second kappa shape index (κ2) is 6.27. The van der Waals surface area contributed by atoms with E-state index in [0.717, 1.165) is 11.3 Å². The number of rotatable bonds is 4. The monoisotopic (exact) mass is 277 g/mol. The number of aryl methyl sites for hydroxylation is 1. The summed E-state index contributed by atoms with van der Waals surface area (Å²) in [5.74, 6) is 1.17. The first kappa shape index (κ1) is 14.9. The summed E-state index contributed by atoms with van der Waals surface area (Å²) in [5, 5.41) is 3.13. The number of nitrogens with one attached hydrogen (secondary N) is 1. The van der Waals surface area contributed by atoms with Crippen molar-refractivity contribution in [2.45, 2.75) is 45.3 Å². The van der Waals surface area contributed by atoms with Gasteiger partial charge in [0.25, 0.3) is 0 Å². The van der Waals surface area contributed by atoms with Gasteiger partial charge in [0.15, 0.2) is 0 Å².